The zero-order valence-corrected chi connectivity index (χ0v) is 8.10. The molecule has 0 amide bonds. The zero-order valence-electron chi connectivity index (χ0n) is 8.10. The van der Waals surface area contributed by atoms with Crippen LogP contribution in [0, 0.1) is 0 Å². The third-order valence-corrected chi connectivity index (χ3v) is 2.12. The average molecular weight is 195 g/mol. The van der Waals surface area contributed by atoms with Crippen molar-refractivity contribution in [2.75, 3.05) is 0 Å². The van der Waals surface area contributed by atoms with Gasteiger partial charge in [0.25, 0.3) is 0 Å². The second-order valence-corrected chi connectivity index (χ2v) is 3.50. The number of guanidine groups is 1. The normalized spacial score (nSPS) is 20.3. The molecule has 6 heteroatoms. The first-order chi connectivity index (χ1) is 6.59. The van der Waals surface area contributed by atoms with Gasteiger partial charge >= 0.3 is 0 Å². The number of imidazole rings is 1. The Morgan fingerprint density at radius 1 is 1.64 bits per heavy atom. The molecule has 1 unspecified atom stereocenters. The first kappa shape index (κ1) is 9.01. The number of hydrogen-bond acceptors (Lipinski definition) is 5. The highest BCUT2D eigenvalue weighted by Gasteiger charge is 2.23. The van der Waals surface area contributed by atoms with Crippen molar-refractivity contribution in [1.82, 2.24) is 14.9 Å². The Morgan fingerprint density at radius 2 is 2.36 bits per heavy atom. The van der Waals surface area contributed by atoms with Gasteiger partial charge in [0, 0.05) is 6.04 Å². The number of fused-ring (bicyclic) bond motifs is 1. The highest BCUT2D eigenvalue weighted by atomic mass is 16.3. The molecule has 1 aromatic rings. The molecule has 0 saturated carbocycles. The van der Waals surface area contributed by atoms with E-state index in [0.717, 1.165) is 0 Å². The van der Waals surface area contributed by atoms with Crippen molar-refractivity contribution in [3.63, 3.8) is 0 Å². The molecule has 0 aromatic carbocycles. The predicted molar refractivity (Wildman–Crippen MR) is 52.0 cm³/mol. The lowest BCUT2D eigenvalue weighted by atomic mass is 10.3. The van der Waals surface area contributed by atoms with Gasteiger partial charge < -0.3 is 20.7 Å². The minimum atomic E-state index is -0.859. The molecule has 0 bridgehead atoms. The van der Waals surface area contributed by atoms with Crippen molar-refractivity contribution in [1.29, 1.82) is 0 Å². The molecular formula is C8H13N5O. The molecule has 0 radical (unpaired) electrons. The van der Waals surface area contributed by atoms with Crippen molar-refractivity contribution >= 4 is 11.8 Å². The maximum atomic E-state index is 9.58. The van der Waals surface area contributed by atoms with Gasteiger partial charge in [0.2, 0.25) is 0 Å². The highest BCUT2D eigenvalue weighted by Crippen LogP contribution is 2.28. The molecule has 0 aliphatic carbocycles. The third kappa shape index (κ3) is 1.24. The van der Waals surface area contributed by atoms with Gasteiger partial charge in [0.15, 0.2) is 18.0 Å². The van der Waals surface area contributed by atoms with E-state index in [9.17, 15) is 5.11 Å². The lowest BCUT2D eigenvalue weighted by Crippen LogP contribution is -2.37. The first-order valence-corrected chi connectivity index (χ1v) is 4.45. The van der Waals surface area contributed by atoms with Gasteiger partial charge in [-0.3, -0.25) is 0 Å². The van der Waals surface area contributed by atoms with Crippen LogP contribution in [0.5, 0.6) is 0 Å². The number of nitrogens with one attached hydrogen (secondary N) is 1. The summed E-state index contributed by atoms with van der Waals surface area (Å²) in [6.45, 7) is 4.03. The Kier molecular flexibility index (Phi) is 1.92. The smallest absolute Gasteiger partial charge is 0.197 e. The summed E-state index contributed by atoms with van der Waals surface area (Å²) < 4.78 is 1.87. The second-order valence-electron chi connectivity index (χ2n) is 3.50. The monoisotopic (exact) mass is 195 g/mol. The van der Waals surface area contributed by atoms with Crippen molar-refractivity contribution in [2.24, 2.45) is 10.7 Å². The molecule has 76 valence electrons. The molecule has 0 fully saturated rings. The quantitative estimate of drug-likeness (QED) is 0.588. The molecule has 14 heavy (non-hydrogen) atoms. The van der Waals surface area contributed by atoms with Crippen LogP contribution >= 0.6 is 0 Å². The molecule has 0 saturated heterocycles. The van der Waals surface area contributed by atoms with Crippen molar-refractivity contribution in [2.45, 2.75) is 26.1 Å². The van der Waals surface area contributed by atoms with E-state index < -0.39 is 6.23 Å². The number of rotatable bonds is 1. The number of hydrogen-bond donors (Lipinski definition) is 3. The van der Waals surface area contributed by atoms with Gasteiger partial charge in [0.05, 0.1) is 6.33 Å². The molecule has 1 atom stereocenters. The highest BCUT2D eigenvalue weighted by molar-refractivity contribution is 5.82. The molecule has 1 aromatic heterocycles. The van der Waals surface area contributed by atoms with Crippen LogP contribution in [0.4, 0.5) is 5.82 Å². The van der Waals surface area contributed by atoms with Gasteiger partial charge in [-0.05, 0) is 13.8 Å². The average Bonchev–Trinajstić information content (AvgIpc) is 2.47. The van der Waals surface area contributed by atoms with E-state index in [0.29, 0.717) is 11.5 Å². The van der Waals surface area contributed by atoms with Gasteiger partial charge in [-0.15, -0.1) is 0 Å². The fourth-order valence-electron chi connectivity index (χ4n) is 1.41. The van der Waals surface area contributed by atoms with Crippen LogP contribution in [0.3, 0.4) is 0 Å². The van der Waals surface area contributed by atoms with Crippen molar-refractivity contribution in [3.05, 3.63) is 12.0 Å². The summed E-state index contributed by atoms with van der Waals surface area (Å²) in [7, 11) is 0. The van der Waals surface area contributed by atoms with E-state index in [1.807, 2.05) is 18.4 Å². The Hall–Kier alpha value is -1.56. The summed E-state index contributed by atoms with van der Waals surface area (Å²) in [5.41, 5.74) is 6.03. The van der Waals surface area contributed by atoms with E-state index in [-0.39, 0.29) is 12.0 Å². The molecular weight excluding hydrogens is 182 g/mol. The molecule has 1 aliphatic heterocycles. The molecule has 2 rings (SSSR count). The Morgan fingerprint density at radius 3 is 3.00 bits per heavy atom. The van der Waals surface area contributed by atoms with E-state index in [1.165, 1.54) is 0 Å². The maximum Gasteiger partial charge on any atom is 0.197 e. The number of nitrogens with zero attached hydrogens (tertiary/aromatic N) is 3. The Balaban J connectivity index is 2.53. The zero-order chi connectivity index (χ0) is 10.3. The summed E-state index contributed by atoms with van der Waals surface area (Å²) in [6, 6.07) is 0.244. The lowest BCUT2D eigenvalue weighted by molar-refractivity contribution is 0.156. The number of nitrogens with two attached hydrogens (primary N) is 1. The molecule has 0 spiro atoms. The number of aliphatic hydroxyl groups is 1. The Bertz CT molecular complexity index is 381. The van der Waals surface area contributed by atoms with Crippen LogP contribution in [0.25, 0.3) is 0 Å². The fourth-order valence-corrected chi connectivity index (χ4v) is 1.41. The van der Waals surface area contributed by atoms with E-state index in [4.69, 9.17) is 5.73 Å². The van der Waals surface area contributed by atoms with E-state index in [2.05, 4.69) is 15.3 Å². The molecule has 1 aliphatic rings. The fraction of sp³-hybridized carbons (Fsp3) is 0.500. The number of aliphatic imine (C=N–C) groups is 1. The van der Waals surface area contributed by atoms with Crippen LogP contribution in [-0.2, 0) is 0 Å². The van der Waals surface area contributed by atoms with Crippen LogP contribution in [-0.4, -0.2) is 20.6 Å². The lowest BCUT2D eigenvalue weighted by Gasteiger charge is -2.18. The van der Waals surface area contributed by atoms with Crippen molar-refractivity contribution < 1.29 is 5.11 Å². The minimum Gasteiger partial charge on any atom is -0.370 e. The summed E-state index contributed by atoms with van der Waals surface area (Å²) >= 11 is 0. The third-order valence-electron chi connectivity index (χ3n) is 2.12. The topological polar surface area (TPSA) is 88.5 Å². The second kappa shape index (κ2) is 2.98. The molecule has 6 nitrogen and oxygen atoms in total. The van der Waals surface area contributed by atoms with Crippen LogP contribution in [0.15, 0.2) is 11.3 Å². The predicted octanol–water partition coefficient (Wildman–Crippen LogP) is 0.00430. The SMILES string of the molecule is CC(C)n1cnc2c1N=C(N)NC2O. The van der Waals surface area contributed by atoms with Gasteiger partial charge in [-0.1, -0.05) is 0 Å². The summed E-state index contributed by atoms with van der Waals surface area (Å²) in [5.74, 6) is 0.844. The van der Waals surface area contributed by atoms with Crippen LogP contribution < -0.4 is 11.1 Å². The largest absolute Gasteiger partial charge is 0.370 e. The molecule has 4 N–H and O–H groups in total. The summed E-state index contributed by atoms with van der Waals surface area (Å²) in [4.78, 5) is 8.18. The molecule has 2 heterocycles. The Labute approximate surface area is 81.5 Å². The van der Waals surface area contributed by atoms with Crippen LogP contribution in [0.2, 0.25) is 0 Å². The van der Waals surface area contributed by atoms with Gasteiger partial charge in [0.1, 0.15) is 5.69 Å². The minimum absolute atomic E-state index is 0.215. The number of aliphatic hydroxyl groups excluding tert-OH is 1. The van der Waals surface area contributed by atoms with E-state index >= 15 is 0 Å². The van der Waals surface area contributed by atoms with Crippen LogP contribution in [0.1, 0.15) is 31.8 Å². The van der Waals surface area contributed by atoms with Gasteiger partial charge in [-0.2, -0.15) is 4.99 Å². The maximum absolute atomic E-state index is 9.58. The van der Waals surface area contributed by atoms with Crippen molar-refractivity contribution in [3.8, 4) is 0 Å². The standard InChI is InChI=1S/C8H13N5O/c1-4(2)13-3-10-5-6(13)11-8(9)12-7(5)14/h3-4,7,14H,1-2H3,(H3,9,11,12). The summed E-state index contributed by atoms with van der Waals surface area (Å²) in [6.07, 6.45) is 0.796. The first-order valence-electron chi connectivity index (χ1n) is 4.45. The summed E-state index contributed by atoms with van der Waals surface area (Å²) in [5, 5.41) is 12.2. The van der Waals surface area contributed by atoms with Gasteiger partial charge in [-0.25, -0.2) is 4.98 Å². The number of aromatic nitrogens is 2. The van der Waals surface area contributed by atoms with E-state index in [1.54, 1.807) is 6.33 Å².